The fourth-order valence-electron chi connectivity index (χ4n) is 3.53. The van der Waals surface area contributed by atoms with E-state index in [1.54, 1.807) is 18.5 Å². The van der Waals surface area contributed by atoms with Gasteiger partial charge in [0.1, 0.15) is 11.6 Å². The molecule has 0 bridgehead atoms. The molecule has 0 unspecified atom stereocenters. The molecule has 4 rings (SSSR count). The molecule has 1 aliphatic rings. The highest BCUT2D eigenvalue weighted by Crippen LogP contribution is 2.32. The monoisotopic (exact) mass is 413 g/mol. The molecule has 0 amide bonds. The van der Waals surface area contributed by atoms with Gasteiger partial charge in [0, 0.05) is 10.4 Å². The van der Waals surface area contributed by atoms with Crippen molar-refractivity contribution >= 4 is 33.0 Å². The van der Waals surface area contributed by atoms with Gasteiger partial charge in [-0.3, -0.25) is 4.79 Å². The van der Waals surface area contributed by atoms with E-state index in [1.165, 1.54) is 23.9 Å². The van der Waals surface area contributed by atoms with E-state index in [-0.39, 0.29) is 11.5 Å². The number of aromatic nitrogens is 2. The van der Waals surface area contributed by atoms with Gasteiger partial charge in [-0.25, -0.2) is 4.98 Å². The molecular formula is C20H20BrN3O2. The third kappa shape index (κ3) is 3.26. The van der Waals surface area contributed by atoms with Crippen molar-refractivity contribution in [2.75, 3.05) is 0 Å². The van der Waals surface area contributed by atoms with E-state index in [2.05, 4.69) is 21.0 Å². The summed E-state index contributed by atoms with van der Waals surface area (Å²) in [5.74, 6) is 1.67. The van der Waals surface area contributed by atoms with Gasteiger partial charge in [-0.15, -0.1) is 0 Å². The third-order valence-electron chi connectivity index (χ3n) is 5.00. The van der Waals surface area contributed by atoms with Crippen LogP contribution >= 0.6 is 15.9 Å². The summed E-state index contributed by atoms with van der Waals surface area (Å²) >= 11 is 3.44. The van der Waals surface area contributed by atoms with Gasteiger partial charge >= 0.3 is 0 Å². The minimum absolute atomic E-state index is 0.141. The first kappa shape index (κ1) is 17.2. The van der Waals surface area contributed by atoms with E-state index in [9.17, 15) is 4.79 Å². The molecule has 0 atom stereocenters. The van der Waals surface area contributed by atoms with Gasteiger partial charge in [0.15, 0.2) is 0 Å². The van der Waals surface area contributed by atoms with Crippen molar-refractivity contribution in [3.8, 4) is 0 Å². The molecule has 2 heterocycles. The number of furan rings is 1. The summed E-state index contributed by atoms with van der Waals surface area (Å²) in [4.78, 5) is 18.0. The van der Waals surface area contributed by atoms with Crippen LogP contribution in [-0.2, 0) is 0 Å². The van der Waals surface area contributed by atoms with Crippen LogP contribution in [0.25, 0.3) is 10.9 Å². The molecule has 1 saturated carbocycles. The van der Waals surface area contributed by atoms with Gasteiger partial charge in [0.25, 0.3) is 5.56 Å². The van der Waals surface area contributed by atoms with E-state index in [1.807, 2.05) is 25.1 Å². The SMILES string of the molecule is Cc1ccoc1C=Nn1c(C2CCCCC2)nc2ccc(Br)cc2c1=O. The normalized spacial score (nSPS) is 15.9. The van der Waals surface area contributed by atoms with Crippen molar-refractivity contribution in [2.24, 2.45) is 5.10 Å². The van der Waals surface area contributed by atoms with Crippen molar-refractivity contribution in [3.63, 3.8) is 0 Å². The lowest BCUT2D eigenvalue weighted by Gasteiger charge is -2.22. The Morgan fingerprint density at radius 2 is 2.08 bits per heavy atom. The minimum Gasteiger partial charge on any atom is -0.463 e. The van der Waals surface area contributed by atoms with Crippen molar-refractivity contribution in [3.05, 3.63) is 62.5 Å². The van der Waals surface area contributed by atoms with Gasteiger partial charge < -0.3 is 4.42 Å². The zero-order chi connectivity index (χ0) is 18.1. The molecule has 6 heteroatoms. The lowest BCUT2D eigenvalue weighted by atomic mass is 9.88. The van der Waals surface area contributed by atoms with Crippen molar-refractivity contribution < 1.29 is 4.42 Å². The van der Waals surface area contributed by atoms with Crippen molar-refractivity contribution in [1.29, 1.82) is 0 Å². The first-order valence-electron chi connectivity index (χ1n) is 8.94. The molecule has 0 radical (unpaired) electrons. The Morgan fingerprint density at radius 1 is 1.27 bits per heavy atom. The molecule has 1 fully saturated rings. The fourth-order valence-corrected chi connectivity index (χ4v) is 3.89. The smallest absolute Gasteiger partial charge is 0.282 e. The average Bonchev–Trinajstić information content (AvgIpc) is 3.07. The van der Waals surface area contributed by atoms with E-state index in [4.69, 9.17) is 9.40 Å². The van der Waals surface area contributed by atoms with Crippen LogP contribution < -0.4 is 5.56 Å². The average molecular weight is 414 g/mol. The number of hydrogen-bond acceptors (Lipinski definition) is 4. The molecule has 3 aromatic rings. The summed E-state index contributed by atoms with van der Waals surface area (Å²) in [6.07, 6.45) is 8.90. The Bertz CT molecular complexity index is 1030. The maximum absolute atomic E-state index is 13.1. The van der Waals surface area contributed by atoms with Gasteiger partial charge in [0.2, 0.25) is 0 Å². The third-order valence-corrected chi connectivity index (χ3v) is 5.49. The van der Waals surface area contributed by atoms with Crippen LogP contribution in [0.15, 0.2) is 49.3 Å². The lowest BCUT2D eigenvalue weighted by Crippen LogP contribution is -2.25. The van der Waals surface area contributed by atoms with Gasteiger partial charge in [-0.1, -0.05) is 35.2 Å². The second-order valence-electron chi connectivity index (χ2n) is 6.80. The Kier molecular flexibility index (Phi) is 4.76. The lowest BCUT2D eigenvalue weighted by molar-refractivity contribution is 0.416. The van der Waals surface area contributed by atoms with Crippen LogP contribution in [0, 0.1) is 6.92 Å². The summed E-state index contributed by atoms with van der Waals surface area (Å²) in [7, 11) is 0. The van der Waals surface area contributed by atoms with Crippen molar-refractivity contribution in [2.45, 2.75) is 44.9 Å². The molecule has 0 spiro atoms. The highest BCUT2D eigenvalue weighted by Gasteiger charge is 2.22. The summed E-state index contributed by atoms with van der Waals surface area (Å²) in [6, 6.07) is 7.48. The number of benzene rings is 1. The van der Waals surface area contributed by atoms with Crippen molar-refractivity contribution in [1.82, 2.24) is 9.66 Å². The summed E-state index contributed by atoms with van der Waals surface area (Å²) in [5, 5.41) is 5.03. The summed E-state index contributed by atoms with van der Waals surface area (Å²) in [5.41, 5.74) is 1.56. The Morgan fingerprint density at radius 3 is 2.81 bits per heavy atom. The maximum Gasteiger partial charge on any atom is 0.282 e. The van der Waals surface area contributed by atoms with Crippen LogP contribution in [0.1, 0.15) is 55.2 Å². The highest BCUT2D eigenvalue weighted by atomic mass is 79.9. The Balaban J connectivity index is 1.89. The highest BCUT2D eigenvalue weighted by molar-refractivity contribution is 9.10. The molecule has 0 aliphatic heterocycles. The summed E-state index contributed by atoms with van der Waals surface area (Å²) < 4.78 is 7.74. The number of fused-ring (bicyclic) bond motifs is 1. The minimum atomic E-state index is -0.141. The molecule has 1 aliphatic carbocycles. The number of halogens is 1. The zero-order valence-corrected chi connectivity index (χ0v) is 16.2. The van der Waals surface area contributed by atoms with E-state index in [0.717, 1.165) is 34.2 Å². The van der Waals surface area contributed by atoms with Crippen LogP contribution in [0.2, 0.25) is 0 Å². The summed E-state index contributed by atoms with van der Waals surface area (Å²) in [6.45, 7) is 1.95. The number of rotatable bonds is 3. The predicted molar refractivity (Wildman–Crippen MR) is 106 cm³/mol. The molecule has 1 aromatic carbocycles. The Hall–Kier alpha value is -2.21. The first-order valence-corrected chi connectivity index (χ1v) is 9.73. The molecule has 134 valence electrons. The van der Waals surface area contributed by atoms with E-state index >= 15 is 0 Å². The van der Waals surface area contributed by atoms with Gasteiger partial charge in [0.05, 0.1) is 23.4 Å². The quantitative estimate of drug-likeness (QED) is 0.568. The number of hydrogen-bond donors (Lipinski definition) is 0. The van der Waals surface area contributed by atoms with E-state index in [0.29, 0.717) is 11.1 Å². The molecular weight excluding hydrogens is 394 g/mol. The predicted octanol–water partition coefficient (Wildman–Crippen LogP) is 4.99. The first-order chi connectivity index (χ1) is 12.6. The van der Waals surface area contributed by atoms with Gasteiger partial charge in [-0.2, -0.15) is 9.78 Å². The van der Waals surface area contributed by atoms with Crippen LogP contribution in [0.3, 0.4) is 0 Å². The number of nitrogens with zero attached hydrogens (tertiary/aromatic N) is 3. The fraction of sp³-hybridized carbons (Fsp3) is 0.350. The molecule has 0 N–H and O–H groups in total. The molecule has 0 saturated heterocycles. The molecule has 2 aromatic heterocycles. The largest absolute Gasteiger partial charge is 0.463 e. The van der Waals surface area contributed by atoms with Crippen LogP contribution in [0.4, 0.5) is 0 Å². The second-order valence-corrected chi connectivity index (χ2v) is 7.71. The Labute approximate surface area is 159 Å². The molecule has 5 nitrogen and oxygen atoms in total. The van der Waals surface area contributed by atoms with Gasteiger partial charge in [-0.05, 0) is 49.6 Å². The second kappa shape index (κ2) is 7.19. The van der Waals surface area contributed by atoms with Crippen LogP contribution in [0.5, 0.6) is 0 Å². The molecule has 26 heavy (non-hydrogen) atoms. The van der Waals surface area contributed by atoms with E-state index < -0.39 is 0 Å². The maximum atomic E-state index is 13.1. The standard InChI is InChI=1S/C20H20BrN3O2/c1-13-9-10-26-18(13)12-22-24-19(14-5-3-2-4-6-14)23-17-8-7-15(21)11-16(17)20(24)25/h7-12,14H,2-6H2,1H3. The van der Waals surface area contributed by atoms with Crippen LogP contribution in [-0.4, -0.2) is 15.9 Å². The topological polar surface area (TPSA) is 60.4 Å². The number of aryl methyl sites for hydroxylation is 1. The zero-order valence-electron chi connectivity index (χ0n) is 14.6.